The number of aromatic nitrogens is 3. The van der Waals surface area contributed by atoms with Crippen LogP contribution in [0.3, 0.4) is 0 Å². The second-order valence-electron chi connectivity index (χ2n) is 6.22. The van der Waals surface area contributed by atoms with Gasteiger partial charge in [0.1, 0.15) is 11.5 Å². The van der Waals surface area contributed by atoms with Gasteiger partial charge < -0.3 is 15.4 Å². The van der Waals surface area contributed by atoms with E-state index >= 15 is 0 Å². The lowest BCUT2D eigenvalue weighted by Gasteiger charge is -2.10. The van der Waals surface area contributed by atoms with Gasteiger partial charge in [-0.25, -0.2) is 14.8 Å². The molecule has 1 amide bonds. The van der Waals surface area contributed by atoms with E-state index in [1.807, 2.05) is 13.0 Å². The molecule has 0 bridgehead atoms. The molecular formula is C20H17N5O3. The number of nitriles is 1. The molecule has 2 heterocycles. The Kier molecular flexibility index (Phi) is 4.92. The van der Waals surface area contributed by atoms with Gasteiger partial charge in [0.2, 0.25) is 0 Å². The molecule has 0 aliphatic heterocycles. The molecule has 8 heteroatoms. The Morgan fingerprint density at radius 2 is 2.07 bits per heavy atom. The average molecular weight is 375 g/mol. The highest BCUT2D eigenvalue weighted by atomic mass is 16.4. The lowest BCUT2D eigenvalue weighted by molar-refractivity contribution is -0.112. The first-order valence-electron chi connectivity index (χ1n) is 8.47. The zero-order valence-corrected chi connectivity index (χ0v) is 15.3. The molecule has 1 aromatic carbocycles. The number of hydrogen-bond donors (Lipinski definition) is 3. The number of carboxylic acids is 1. The van der Waals surface area contributed by atoms with Crippen LogP contribution in [0, 0.1) is 11.3 Å². The number of carbonyl (C=O) groups excluding carboxylic acids is 1. The SMILES string of the molecule is C=C(C)C(=O)Nc1cc(C#N)cc(-c2nc(CC)nc3[nH]cc(C(=O)O)c23)c1. The van der Waals surface area contributed by atoms with Crippen LogP contribution < -0.4 is 5.32 Å². The fourth-order valence-electron chi connectivity index (χ4n) is 2.75. The predicted octanol–water partition coefficient (Wildman–Crippen LogP) is 3.27. The first-order valence-corrected chi connectivity index (χ1v) is 8.47. The topological polar surface area (TPSA) is 132 Å². The second kappa shape index (κ2) is 7.32. The summed E-state index contributed by atoms with van der Waals surface area (Å²) in [6, 6.07) is 6.81. The molecule has 3 rings (SSSR count). The summed E-state index contributed by atoms with van der Waals surface area (Å²) in [5.41, 5.74) is 2.31. The van der Waals surface area contributed by atoms with Crippen molar-refractivity contribution in [3.63, 3.8) is 0 Å². The van der Waals surface area contributed by atoms with Gasteiger partial charge in [-0.15, -0.1) is 0 Å². The molecule has 3 N–H and O–H groups in total. The molecular weight excluding hydrogens is 358 g/mol. The van der Waals surface area contributed by atoms with E-state index in [-0.39, 0.29) is 11.5 Å². The van der Waals surface area contributed by atoms with Gasteiger partial charge in [-0.05, 0) is 25.1 Å². The van der Waals surface area contributed by atoms with Crippen molar-refractivity contribution in [2.75, 3.05) is 5.32 Å². The number of aromatic carboxylic acids is 1. The Hall–Kier alpha value is -3.99. The van der Waals surface area contributed by atoms with Gasteiger partial charge in [-0.1, -0.05) is 13.5 Å². The summed E-state index contributed by atoms with van der Waals surface area (Å²) in [5, 5.41) is 21.9. The minimum absolute atomic E-state index is 0.0301. The van der Waals surface area contributed by atoms with Crippen molar-refractivity contribution in [3.8, 4) is 17.3 Å². The lowest BCUT2D eigenvalue weighted by atomic mass is 10.0. The average Bonchev–Trinajstić information content (AvgIpc) is 3.10. The van der Waals surface area contributed by atoms with Crippen molar-refractivity contribution in [1.29, 1.82) is 5.26 Å². The van der Waals surface area contributed by atoms with E-state index in [0.29, 0.717) is 51.4 Å². The van der Waals surface area contributed by atoms with Crippen LogP contribution in [0.2, 0.25) is 0 Å². The number of benzene rings is 1. The molecule has 0 saturated carbocycles. The monoisotopic (exact) mass is 375 g/mol. The maximum atomic E-state index is 12.0. The van der Waals surface area contributed by atoms with Gasteiger partial charge >= 0.3 is 5.97 Å². The van der Waals surface area contributed by atoms with E-state index in [1.54, 1.807) is 19.1 Å². The normalized spacial score (nSPS) is 10.5. The number of nitrogens with zero attached hydrogens (tertiary/aromatic N) is 3. The Balaban J connectivity index is 2.27. The number of carboxylic acid groups (broad SMARTS) is 1. The van der Waals surface area contributed by atoms with Crippen LogP contribution in [0.25, 0.3) is 22.3 Å². The Morgan fingerprint density at radius 1 is 1.32 bits per heavy atom. The summed E-state index contributed by atoms with van der Waals surface area (Å²) in [6.07, 6.45) is 1.91. The van der Waals surface area contributed by atoms with Crippen molar-refractivity contribution in [2.45, 2.75) is 20.3 Å². The van der Waals surface area contributed by atoms with Gasteiger partial charge in [0, 0.05) is 29.4 Å². The largest absolute Gasteiger partial charge is 0.478 e. The standard InChI is InChI=1S/C20H17N5O3/c1-4-15-24-17(16-14(20(27)28)9-22-18(16)25-15)12-5-11(8-21)6-13(7-12)23-19(26)10(2)3/h5-7,9H,2,4H2,1,3H3,(H,23,26)(H,27,28)(H,22,24,25). The van der Waals surface area contributed by atoms with Crippen molar-refractivity contribution < 1.29 is 14.7 Å². The smallest absolute Gasteiger partial charge is 0.338 e. The first kappa shape index (κ1) is 18.8. The van der Waals surface area contributed by atoms with Crippen molar-refractivity contribution >= 4 is 28.6 Å². The van der Waals surface area contributed by atoms with E-state index < -0.39 is 5.97 Å². The zero-order chi connectivity index (χ0) is 20.4. The molecule has 0 spiro atoms. The third-order valence-electron chi connectivity index (χ3n) is 4.11. The molecule has 0 saturated heterocycles. The van der Waals surface area contributed by atoms with Crippen LogP contribution in [0.1, 0.15) is 35.6 Å². The first-order chi connectivity index (χ1) is 13.3. The van der Waals surface area contributed by atoms with Gasteiger partial charge in [-0.3, -0.25) is 4.79 Å². The highest BCUT2D eigenvalue weighted by Crippen LogP contribution is 2.31. The molecule has 140 valence electrons. The number of carbonyl (C=O) groups is 2. The maximum Gasteiger partial charge on any atom is 0.338 e. The third kappa shape index (κ3) is 3.46. The number of H-pyrrole nitrogens is 1. The van der Waals surface area contributed by atoms with Crippen LogP contribution in [-0.4, -0.2) is 31.9 Å². The molecule has 8 nitrogen and oxygen atoms in total. The Bertz CT molecular complexity index is 1170. The highest BCUT2D eigenvalue weighted by molar-refractivity contribution is 6.08. The number of anilines is 1. The van der Waals surface area contributed by atoms with Gasteiger partial charge in [0.25, 0.3) is 5.91 Å². The van der Waals surface area contributed by atoms with Crippen molar-refractivity contribution in [3.05, 3.63) is 53.5 Å². The van der Waals surface area contributed by atoms with Gasteiger partial charge in [0.05, 0.1) is 28.3 Å². The molecule has 28 heavy (non-hydrogen) atoms. The van der Waals surface area contributed by atoms with Crippen LogP contribution in [0.4, 0.5) is 5.69 Å². The fraction of sp³-hybridized carbons (Fsp3) is 0.150. The number of fused-ring (bicyclic) bond motifs is 1. The second-order valence-corrected chi connectivity index (χ2v) is 6.22. The van der Waals surface area contributed by atoms with Crippen LogP contribution in [0.15, 0.2) is 36.5 Å². The molecule has 3 aromatic rings. The van der Waals surface area contributed by atoms with Crippen LogP contribution in [-0.2, 0) is 11.2 Å². The summed E-state index contributed by atoms with van der Waals surface area (Å²) < 4.78 is 0. The third-order valence-corrected chi connectivity index (χ3v) is 4.11. The molecule has 0 aliphatic rings. The Morgan fingerprint density at radius 3 is 2.68 bits per heavy atom. The van der Waals surface area contributed by atoms with E-state index in [0.717, 1.165) is 0 Å². The summed E-state index contributed by atoms with van der Waals surface area (Å²) in [7, 11) is 0. The van der Waals surface area contributed by atoms with E-state index in [1.165, 1.54) is 12.3 Å². The summed E-state index contributed by atoms with van der Waals surface area (Å²) in [4.78, 5) is 35.3. The van der Waals surface area contributed by atoms with Gasteiger partial charge in [0.15, 0.2) is 0 Å². The molecule has 0 radical (unpaired) electrons. The zero-order valence-electron chi connectivity index (χ0n) is 15.3. The highest BCUT2D eigenvalue weighted by Gasteiger charge is 2.20. The number of rotatable bonds is 5. The minimum atomic E-state index is -1.12. The number of aromatic amines is 1. The molecule has 2 aromatic heterocycles. The Labute approximate surface area is 160 Å². The van der Waals surface area contributed by atoms with Crippen molar-refractivity contribution in [2.24, 2.45) is 0 Å². The maximum absolute atomic E-state index is 12.0. The summed E-state index contributed by atoms with van der Waals surface area (Å²) in [5.74, 6) is -0.972. The predicted molar refractivity (Wildman–Crippen MR) is 104 cm³/mol. The van der Waals surface area contributed by atoms with Crippen molar-refractivity contribution in [1.82, 2.24) is 15.0 Å². The van der Waals surface area contributed by atoms with E-state index in [2.05, 4.69) is 26.8 Å². The van der Waals surface area contributed by atoms with E-state index in [4.69, 9.17) is 0 Å². The number of hydrogen-bond acceptors (Lipinski definition) is 5. The van der Waals surface area contributed by atoms with Crippen LogP contribution in [0.5, 0.6) is 0 Å². The quantitative estimate of drug-likeness (QED) is 0.586. The summed E-state index contributed by atoms with van der Waals surface area (Å²) >= 11 is 0. The number of aryl methyl sites for hydroxylation is 1. The minimum Gasteiger partial charge on any atom is -0.478 e. The molecule has 0 aliphatic carbocycles. The number of amides is 1. The summed E-state index contributed by atoms with van der Waals surface area (Å²) in [6.45, 7) is 7.05. The lowest BCUT2D eigenvalue weighted by Crippen LogP contribution is -2.12. The van der Waals surface area contributed by atoms with E-state index in [9.17, 15) is 20.0 Å². The molecule has 0 fully saturated rings. The fourth-order valence-corrected chi connectivity index (χ4v) is 2.75. The van der Waals surface area contributed by atoms with Crippen LogP contribution >= 0.6 is 0 Å². The molecule has 0 unspecified atom stereocenters. The molecule has 0 atom stereocenters. The number of nitrogens with one attached hydrogen (secondary N) is 2. The van der Waals surface area contributed by atoms with Gasteiger partial charge in [-0.2, -0.15) is 5.26 Å².